The summed E-state index contributed by atoms with van der Waals surface area (Å²) in [4.78, 5) is 12.4. The monoisotopic (exact) mass is 287 g/mol. The summed E-state index contributed by atoms with van der Waals surface area (Å²) in [7, 11) is 0. The molecule has 0 bridgehead atoms. The van der Waals surface area contributed by atoms with Crippen molar-refractivity contribution in [2.24, 2.45) is 5.73 Å². The van der Waals surface area contributed by atoms with E-state index in [0.29, 0.717) is 12.2 Å². The van der Waals surface area contributed by atoms with Gasteiger partial charge < -0.3 is 11.1 Å². The number of hydrogen-bond acceptors (Lipinski definition) is 4. The molecule has 1 unspecified atom stereocenters. The molecule has 112 valence electrons. The molecule has 0 aliphatic carbocycles. The third-order valence-electron chi connectivity index (χ3n) is 3.83. The van der Waals surface area contributed by atoms with Gasteiger partial charge in [0.1, 0.15) is 6.04 Å². The number of hydrogen-bond donors (Lipinski definition) is 2. The first-order valence-corrected chi connectivity index (χ1v) is 6.93. The Bertz CT molecular complexity index is 662. The molecule has 0 saturated carbocycles. The van der Waals surface area contributed by atoms with Crippen LogP contribution in [0.2, 0.25) is 0 Å². The van der Waals surface area contributed by atoms with Crippen LogP contribution in [0.1, 0.15) is 35.5 Å². The van der Waals surface area contributed by atoms with E-state index < -0.39 is 6.04 Å². The fourth-order valence-corrected chi connectivity index (χ4v) is 2.17. The van der Waals surface area contributed by atoms with Gasteiger partial charge in [0.05, 0.1) is 11.4 Å². The van der Waals surface area contributed by atoms with Gasteiger partial charge in [-0.15, -0.1) is 5.10 Å². The second-order valence-corrected chi connectivity index (χ2v) is 5.18. The van der Waals surface area contributed by atoms with Crippen LogP contribution in [0.25, 0.3) is 0 Å². The predicted molar refractivity (Wildman–Crippen MR) is 81.9 cm³/mol. The van der Waals surface area contributed by atoms with E-state index in [-0.39, 0.29) is 5.91 Å². The highest BCUT2D eigenvalue weighted by molar-refractivity contribution is 5.94. The Labute approximate surface area is 124 Å². The van der Waals surface area contributed by atoms with Gasteiger partial charge in [-0.2, -0.15) is 0 Å². The summed E-state index contributed by atoms with van der Waals surface area (Å²) in [6.45, 7) is 7.98. The maximum Gasteiger partial charge on any atom is 0.249 e. The summed E-state index contributed by atoms with van der Waals surface area (Å²) in [5.74, 6) is -0.125. The van der Waals surface area contributed by atoms with E-state index in [1.807, 2.05) is 39.0 Å². The largest absolute Gasteiger partial charge is 0.325 e. The molecule has 6 nitrogen and oxygen atoms in total. The van der Waals surface area contributed by atoms with Crippen molar-refractivity contribution >= 4 is 11.6 Å². The maximum atomic E-state index is 12.4. The highest BCUT2D eigenvalue weighted by Gasteiger charge is 2.20. The van der Waals surface area contributed by atoms with Crippen molar-refractivity contribution in [1.82, 2.24) is 15.0 Å². The third kappa shape index (κ3) is 2.95. The minimum absolute atomic E-state index is 0.125. The Morgan fingerprint density at radius 3 is 2.71 bits per heavy atom. The highest BCUT2D eigenvalue weighted by Crippen LogP contribution is 2.20. The molecule has 0 aliphatic heterocycles. The summed E-state index contributed by atoms with van der Waals surface area (Å²) in [6, 6.07) is 5.39. The Balaban J connectivity index is 2.19. The molecule has 0 aliphatic rings. The Morgan fingerprint density at radius 2 is 2.10 bits per heavy atom. The first-order valence-electron chi connectivity index (χ1n) is 6.93. The van der Waals surface area contributed by atoms with E-state index in [9.17, 15) is 4.79 Å². The zero-order chi connectivity index (χ0) is 15.6. The smallest absolute Gasteiger partial charge is 0.249 e. The number of rotatable bonds is 4. The number of nitrogens with two attached hydrogens (primary N) is 1. The summed E-state index contributed by atoms with van der Waals surface area (Å²) in [5, 5.41) is 10.9. The summed E-state index contributed by atoms with van der Waals surface area (Å²) < 4.78 is 1.60. The van der Waals surface area contributed by atoms with E-state index in [1.54, 1.807) is 11.6 Å². The van der Waals surface area contributed by atoms with Crippen LogP contribution < -0.4 is 11.1 Å². The van der Waals surface area contributed by atoms with Gasteiger partial charge in [0.2, 0.25) is 5.91 Å². The van der Waals surface area contributed by atoms with Gasteiger partial charge in [-0.1, -0.05) is 17.3 Å². The minimum atomic E-state index is -0.447. The Hall–Kier alpha value is -2.21. The van der Waals surface area contributed by atoms with Gasteiger partial charge in [-0.05, 0) is 44.9 Å². The summed E-state index contributed by atoms with van der Waals surface area (Å²) >= 11 is 0. The van der Waals surface area contributed by atoms with Gasteiger partial charge in [-0.3, -0.25) is 4.79 Å². The second-order valence-electron chi connectivity index (χ2n) is 5.18. The quantitative estimate of drug-likeness (QED) is 0.898. The molecule has 1 aromatic heterocycles. The number of carbonyl (C=O) groups is 1. The highest BCUT2D eigenvalue weighted by atomic mass is 16.2. The summed E-state index contributed by atoms with van der Waals surface area (Å²) in [5.41, 5.74) is 10.1. The molecular weight excluding hydrogens is 266 g/mol. The van der Waals surface area contributed by atoms with Crippen LogP contribution in [-0.4, -0.2) is 20.9 Å². The first kappa shape index (κ1) is 15.2. The molecule has 1 amide bonds. The molecule has 1 heterocycles. The lowest BCUT2D eigenvalue weighted by atomic mass is 10.1. The molecule has 2 rings (SSSR count). The van der Waals surface area contributed by atoms with Crippen molar-refractivity contribution in [3.63, 3.8) is 0 Å². The van der Waals surface area contributed by atoms with E-state index in [4.69, 9.17) is 5.73 Å². The molecule has 1 aromatic carbocycles. The van der Waals surface area contributed by atoms with Crippen molar-refractivity contribution in [3.8, 4) is 0 Å². The molecule has 0 fully saturated rings. The van der Waals surface area contributed by atoms with E-state index in [0.717, 1.165) is 22.5 Å². The Morgan fingerprint density at radius 1 is 1.38 bits per heavy atom. The van der Waals surface area contributed by atoms with Gasteiger partial charge in [0, 0.05) is 12.2 Å². The number of aromatic nitrogens is 3. The normalized spacial score (nSPS) is 12.2. The first-order chi connectivity index (χ1) is 9.95. The zero-order valence-electron chi connectivity index (χ0n) is 12.8. The molecule has 0 saturated heterocycles. The average Bonchev–Trinajstić information content (AvgIpc) is 2.84. The number of amides is 1. The molecule has 0 spiro atoms. The molecular formula is C15H21N5O. The second kappa shape index (κ2) is 6.05. The lowest BCUT2D eigenvalue weighted by molar-refractivity contribution is -0.119. The topological polar surface area (TPSA) is 85.8 Å². The Kier molecular flexibility index (Phi) is 4.37. The zero-order valence-corrected chi connectivity index (χ0v) is 12.8. The van der Waals surface area contributed by atoms with Crippen LogP contribution in [-0.2, 0) is 11.3 Å². The van der Waals surface area contributed by atoms with Crippen molar-refractivity contribution in [2.45, 2.75) is 40.3 Å². The number of aryl methyl sites for hydroxylation is 1. The fraction of sp³-hybridized carbons (Fsp3) is 0.400. The van der Waals surface area contributed by atoms with Crippen LogP contribution in [0.5, 0.6) is 0 Å². The van der Waals surface area contributed by atoms with Crippen LogP contribution >= 0.6 is 0 Å². The lowest BCUT2D eigenvalue weighted by Crippen LogP contribution is -2.25. The molecule has 6 heteroatoms. The van der Waals surface area contributed by atoms with Crippen LogP contribution in [0, 0.1) is 20.8 Å². The van der Waals surface area contributed by atoms with Crippen molar-refractivity contribution in [3.05, 3.63) is 40.7 Å². The number of anilines is 1. The summed E-state index contributed by atoms with van der Waals surface area (Å²) in [6.07, 6.45) is 0. The van der Waals surface area contributed by atoms with Crippen LogP contribution in [0.15, 0.2) is 18.2 Å². The SMILES string of the molecule is Cc1cccc(NC(=O)C(C)n2nnc(CN)c2C)c1C. The van der Waals surface area contributed by atoms with Gasteiger partial charge in [0.15, 0.2) is 0 Å². The fourth-order valence-electron chi connectivity index (χ4n) is 2.17. The van der Waals surface area contributed by atoms with Crippen molar-refractivity contribution in [1.29, 1.82) is 0 Å². The van der Waals surface area contributed by atoms with Crippen molar-refractivity contribution in [2.75, 3.05) is 5.32 Å². The number of benzene rings is 1. The number of nitrogens with zero attached hydrogens (tertiary/aromatic N) is 3. The molecule has 1 atom stereocenters. The minimum Gasteiger partial charge on any atom is -0.325 e. The van der Waals surface area contributed by atoms with E-state index in [1.165, 1.54) is 0 Å². The predicted octanol–water partition coefficient (Wildman–Crippen LogP) is 1.86. The van der Waals surface area contributed by atoms with Crippen molar-refractivity contribution < 1.29 is 4.79 Å². The number of nitrogens with one attached hydrogen (secondary N) is 1. The van der Waals surface area contributed by atoms with Crippen LogP contribution in [0.3, 0.4) is 0 Å². The van der Waals surface area contributed by atoms with E-state index in [2.05, 4.69) is 15.6 Å². The van der Waals surface area contributed by atoms with Gasteiger partial charge >= 0.3 is 0 Å². The maximum absolute atomic E-state index is 12.4. The number of carbonyl (C=O) groups excluding carboxylic acids is 1. The average molecular weight is 287 g/mol. The molecule has 21 heavy (non-hydrogen) atoms. The van der Waals surface area contributed by atoms with Gasteiger partial charge in [-0.25, -0.2) is 4.68 Å². The van der Waals surface area contributed by atoms with E-state index >= 15 is 0 Å². The molecule has 0 radical (unpaired) electrons. The standard InChI is InChI=1S/C15H21N5O/c1-9-6-5-7-13(10(9)2)17-15(21)12(4)20-11(3)14(8-16)18-19-20/h5-7,12H,8,16H2,1-4H3,(H,17,21). The molecule has 3 N–H and O–H groups in total. The van der Waals surface area contributed by atoms with Gasteiger partial charge in [0.25, 0.3) is 0 Å². The molecule has 2 aromatic rings. The third-order valence-corrected chi connectivity index (χ3v) is 3.83. The lowest BCUT2D eigenvalue weighted by Gasteiger charge is -2.15. The van der Waals surface area contributed by atoms with Crippen LogP contribution in [0.4, 0.5) is 5.69 Å².